The molecule has 0 fully saturated rings. The van der Waals surface area contributed by atoms with Gasteiger partial charge in [0.15, 0.2) is 0 Å². The molecule has 11 heteroatoms. The van der Waals surface area contributed by atoms with E-state index in [9.17, 15) is 24.5 Å². The van der Waals surface area contributed by atoms with Crippen molar-refractivity contribution in [1.82, 2.24) is 9.88 Å². The van der Waals surface area contributed by atoms with E-state index in [1.54, 1.807) is 30.3 Å². The van der Waals surface area contributed by atoms with Gasteiger partial charge in [0.25, 0.3) is 11.2 Å². The highest BCUT2D eigenvalue weighted by atomic mass is 35.5. The van der Waals surface area contributed by atoms with Crippen molar-refractivity contribution >= 4 is 35.0 Å². The molecule has 39 heavy (non-hydrogen) atoms. The Hall–Kier alpha value is -4.96. The van der Waals surface area contributed by atoms with Gasteiger partial charge in [-0.25, -0.2) is 4.79 Å². The number of benzene rings is 3. The maximum Gasteiger partial charge on any atom is 0.409 e. The number of carbonyl (C=O) groups excluding carboxylic acids is 1. The standard InChI is InChI=1S/C28H23ClN4O6/c29-21-8-11-24(33(38)39)23(16-21)20-12-13-32(26(34)15-20)25(14-18-4-2-1-3-5-18)27(35)30-17-19-6-9-22(10-7-19)31-28(36)37/h1-13,15-16,25,31H,14,17H2,(H,30,35)(H,36,37). The first kappa shape index (κ1) is 27.1. The third kappa shape index (κ3) is 6.88. The van der Waals surface area contributed by atoms with Gasteiger partial charge in [-0.2, -0.15) is 0 Å². The van der Waals surface area contributed by atoms with Crippen LogP contribution < -0.4 is 16.2 Å². The van der Waals surface area contributed by atoms with Gasteiger partial charge < -0.3 is 15.0 Å². The molecule has 0 radical (unpaired) electrons. The van der Waals surface area contributed by atoms with E-state index in [0.29, 0.717) is 11.3 Å². The van der Waals surface area contributed by atoms with Crippen molar-refractivity contribution in [2.45, 2.75) is 19.0 Å². The molecule has 0 saturated carbocycles. The summed E-state index contributed by atoms with van der Waals surface area (Å²) in [5.74, 6) is -0.407. The number of anilines is 1. The molecule has 2 amide bonds. The lowest BCUT2D eigenvalue weighted by molar-refractivity contribution is -0.384. The summed E-state index contributed by atoms with van der Waals surface area (Å²) in [6.45, 7) is 0.152. The first-order valence-electron chi connectivity index (χ1n) is 11.8. The molecule has 4 rings (SSSR count). The van der Waals surface area contributed by atoms with Crippen molar-refractivity contribution in [3.8, 4) is 11.1 Å². The molecule has 1 unspecified atom stereocenters. The molecule has 0 bridgehead atoms. The van der Waals surface area contributed by atoms with E-state index < -0.39 is 28.5 Å². The van der Waals surface area contributed by atoms with Crippen molar-refractivity contribution in [1.29, 1.82) is 0 Å². The molecule has 10 nitrogen and oxygen atoms in total. The van der Waals surface area contributed by atoms with Gasteiger partial charge in [-0.05, 0) is 47.0 Å². The van der Waals surface area contributed by atoms with Crippen LogP contribution in [0.4, 0.5) is 16.2 Å². The van der Waals surface area contributed by atoms with Crippen LogP contribution in [0.1, 0.15) is 17.2 Å². The van der Waals surface area contributed by atoms with Crippen molar-refractivity contribution in [3.05, 3.63) is 128 Å². The first-order chi connectivity index (χ1) is 18.7. The summed E-state index contributed by atoms with van der Waals surface area (Å²) in [5.41, 5.74) is 1.76. The number of hydrogen-bond acceptors (Lipinski definition) is 5. The molecular formula is C28H23ClN4O6. The number of halogens is 1. The predicted octanol–water partition coefficient (Wildman–Crippen LogP) is 5.27. The number of nitro groups is 1. The van der Waals surface area contributed by atoms with E-state index in [1.165, 1.54) is 35.0 Å². The van der Waals surface area contributed by atoms with Crippen LogP contribution in [-0.4, -0.2) is 26.6 Å². The Morgan fingerprint density at radius 2 is 1.69 bits per heavy atom. The lowest BCUT2D eigenvalue weighted by Gasteiger charge is -2.20. The number of carbonyl (C=O) groups is 2. The molecule has 0 aliphatic heterocycles. The van der Waals surface area contributed by atoms with Gasteiger partial charge in [0.2, 0.25) is 5.91 Å². The Balaban J connectivity index is 1.61. The maximum atomic E-state index is 13.4. The third-order valence-corrected chi connectivity index (χ3v) is 6.23. The average Bonchev–Trinajstić information content (AvgIpc) is 2.91. The van der Waals surface area contributed by atoms with E-state index in [1.807, 2.05) is 30.3 Å². The number of hydrogen-bond donors (Lipinski definition) is 3. The number of nitrogens with zero attached hydrogens (tertiary/aromatic N) is 2. The largest absolute Gasteiger partial charge is 0.465 e. The van der Waals surface area contributed by atoms with E-state index in [0.717, 1.165) is 11.1 Å². The van der Waals surface area contributed by atoms with Gasteiger partial charge in [-0.3, -0.25) is 25.0 Å². The van der Waals surface area contributed by atoms with Crippen LogP contribution in [0.5, 0.6) is 0 Å². The Labute approximate surface area is 227 Å². The molecule has 1 atom stereocenters. The van der Waals surface area contributed by atoms with Gasteiger partial charge in [-0.1, -0.05) is 54.1 Å². The Morgan fingerprint density at radius 1 is 0.974 bits per heavy atom. The average molecular weight is 547 g/mol. The van der Waals surface area contributed by atoms with Gasteiger partial charge >= 0.3 is 6.09 Å². The zero-order chi connectivity index (χ0) is 27.9. The number of nitrogens with one attached hydrogen (secondary N) is 2. The highest BCUT2D eigenvalue weighted by molar-refractivity contribution is 6.31. The molecule has 4 aromatic rings. The minimum absolute atomic E-state index is 0.152. The van der Waals surface area contributed by atoms with Crippen LogP contribution in [0.2, 0.25) is 5.02 Å². The first-order valence-corrected chi connectivity index (χ1v) is 12.2. The minimum Gasteiger partial charge on any atom is -0.465 e. The summed E-state index contributed by atoms with van der Waals surface area (Å²) >= 11 is 6.05. The highest BCUT2D eigenvalue weighted by Gasteiger charge is 2.23. The smallest absolute Gasteiger partial charge is 0.409 e. The van der Waals surface area contributed by atoms with Gasteiger partial charge in [-0.15, -0.1) is 0 Å². The molecule has 0 aliphatic rings. The van der Waals surface area contributed by atoms with E-state index in [-0.39, 0.29) is 29.2 Å². The molecule has 0 spiro atoms. The fourth-order valence-electron chi connectivity index (χ4n) is 4.10. The van der Waals surface area contributed by atoms with Crippen molar-refractivity contribution in [2.75, 3.05) is 5.32 Å². The van der Waals surface area contributed by atoms with E-state index >= 15 is 0 Å². The quantitative estimate of drug-likeness (QED) is 0.193. The fourth-order valence-corrected chi connectivity index (χ4v) is 4.28. The monoisotopic (exact) mass is 546 g/mol. The summed E-state index contributed by atoms with van der Waals surface area (Å²) in [6, 6.07) is 21.7. The Kier molecular flexibility index (Phi) is 8.37. The zero-order valence-electron chi connectivity index (χ0n) is 20.4. The second-order valence-electron chi connectivity index (χ2n) is 8.63. The molecule has 0 saturated heterocycles. The fraction of sp³-hybridized carbons (Fsp3) is 0.107. The predicted molar refractivity (Wildman–Crippen MR) is 147 cm³/mol. The Bertz CT molecular complexity index is 1570. The number of aromatic nitrogens is 1. The second kappa shape index (κ2) is 12.1. The van der Waals surface area contributed by atoms with Crippen molar-refractivity contribution < 1.29 is 19.6 Å². The van der Waals surface area contributed by atoms with Crippen LogP contribution in [0, 0.1) is 10.1 Å². The molecule has 0 aliphatic carbocycles. The second-order valence-corrected chi connectivity index (χ2v) is 9.07. The molecular weight excluding hydrogens is 524 g/mol. The summed E-state index contributed by atoms with van der Waals surface area (Å²) in [6.07, 6.45) is 0.494. The number of rotatable bonds is 9. The molecule has 1 aromatic heterocycles. The van der Waals surface area contributed by atoms with E-state index in [4.69, 9.17) is 16.7 Å². The molecule has 198 valence electrons. The minimum atomic E-state index is -1.18. The molecule has 1 heterocycles. The van der Waals surface area contributed by atoms with Crippen LogP contribution in [0.25, 0.3) is 11.1 Å². The normalized spacial score (nSPS) is 11.4. The highest BCUT2D eigenvalue weighted by Crippen LogP contribution is 2.32. The Morgan fingerprint density at radius 3 is 2.33 bits per heavy atom. The topological polar surface area (TPSA) is 144 Å². The summed E-state index contributed by atoms with van der Waals surface area (Å²) < 4.78 is 1.29. The van der Waals surface area contributed by atoms with Crippen LogP contribution in [-0.2, 0) is 17.8 Å². The molecule has 3 N–H and O–H groups in total. The number of amides is 2. The number of nitro benzene ring substituents is 1. The SMILES string of the molecule is O=C(O)Nc1ccc(CNC(=O)C(Cc2ccccc2)n2ccc(-c3cc(Cl)ccc3[N+](=O)[O-])cc2=O)cc1. The number of carboxylic acid groups (broad SMARTS) is 1. The zero-order valence-corrected chi connectivity index (χ0v) is 21.2. The van der Waals surface area contributed by atoms with Crippen molar-refractivity contribution in [3.63, 3.8) is 0 Å². The summed E-state index contributed by atoms with van der Waals surface area (Å²) in [7, 11) is 0. The number of pyridine rings is 1. The van der Waals surface area contributed by atoms with Crippen LogP contribution in [0.3, 0.4) is 0 Å². The van der Waals surface area contributed by atoms with Gasteiger partial charge in [0.05, 0.1) is 10.5 Å². The van der Waals surface area contributed by atoms with Crippen molar-refractivity contribution in [2.24, 2.45) is 0 Å². The summed E-state index contributed by atoms with van der Waals surface area (Å²) in [5, 5.41) is 25.7. The van der Waals surface area contributed by atoms with E-state index in [2.05, 4.69) is 10.6 Å². The van der Waals surface area contributed by atoms with Gasteiger partial charge in [0.1, 0.15) is 6.04 Å². The lowest BCUT2D eigenvalue weighted by Crippen LogP contribution is -2.37. The van der Waals surface area contributed by atoms with Crippen LogP contribution >= 0.6 is 11.6 Å². The lowest BCUT2D eigenvalue weighted by atomic mass is 10.0. The maximum absolute atomic E-state index is 13.4. The summed E-state index contributed by atoms with van der Waals surface area (Å²) in [4.78, 5) is 48.4. The van der Waals surface area contributed by atoms with Crippen LogP contribution in [0.15, 0.2) is 95.9 Å². The third-order valence-electron chi connectivity index (χ3n) is 6.00. The van der Waals surface area contributed by atoms with Gasteiger partial charge in [0, 0.05) is 42.0 Å². The molecule has 3 aromatic carbocycles.